The third-order valence-corrected chi connectivity index (χ3v) is 3.43. The first-order valence-corrected chi connectivity index (χ1v) is 6.71. The van der Waals surface area contributed by atoms with Crippen LogP contribution in [0.1, 0.15) is 0 Å². The highest BCUT2D eigenvalue weighted by Crippen LogP contribution is 2.41. The van der Waals surface area contributed by atoms with Crippen molar-refractivity contribution >= 4 is 15.9 Å². The second-order valence-electron chi connectivity index (χ2n) is 4.15. The summed E-state index contributed by atoms with van der Waals surface area (Å²) >= 11 is 3.25. The highest BCUT2D eigenvalue weighted by atomic mass is 79.9. The molecule has 1 aromatic carbocycles. The van der Waals surface area contributed by atoms with Crippen molar-refractivity contribution in [3.8, 4) is 23.0 Å². The fraction of sp³-hybridized carbons (Fsp3) is 0.214. The minimum Gasteiger partial charge on any atom is -0.493 e. The molecule has 2 rings (SSSR count). The summed E-state index contributed by atoms with van der Waals surface area (Å²) in [5.41, 5.74) is -0.349. The molecule has 1 heterocycles. The third kappa shape index (κ3) is 3.02. The minimum absolute atomic E-state index is 0.0585. The number of aryl methyl sites for hydroxylation is 1. The van der Waals surface area contributed by atoms with E-state index in [9.17, 15) is 9.18 Å². The average Bonchev–Trinajstić information content (AvgIpc) is 2.47. The quantitative estimate of drug-likeness (QED) is 0.843. The molecule has 0 atom stereocenters. The van der Waals surface area contributed by atoms with E-state index in [1.54, 1.807) is 19.3 Å². The summed E-state index contributed by atoms with van der Waals surface area (Å²) < 4.78 is 31.1. The number of rotatable bonds is 4. The van der Waals surface area contributed by atoms with Crippen molar-refractivity contribution in [3.05, 3.63) is 45.0 Å². The van der Waals surface area contributed by atoms with Crippen LogP contribution in [0.2, 0.25) is 0 Å². The molecule has 0 N–H and O–H groups in total. The van der Waals surface area contributed by atoms with E-state index in [2.05, 4.69) is 15.9 Å². The SMILES string of the molecule is COc1cc(F)cc(OC)c1Oc1c(Br)ccn(C)c1=O. The lowest BCUT2D eigenvalue weighted by molar-refractivity contribution is 0.339. The summed E-state index contributed by atoms with van der Waals surface area (Å²) in [7, 11) is 4.35. The summed E-state index contributed by atoms with van der Waals surface area (Å²) in [4.78, 5) is 12.1. The normalized spacial score (nSPS) is 10.3. The van der Waals surface area contributed by atoms with Crippen LogP contribution in [0.3, 0.4) is 0 Å². The minimum atomic E-state index is -0.531. The van der Waals surface area contributed by atoms with Crippen LogP contribution in [0.5, 0.6) is 23.0 Å². The second-order valence-corrected chi connectivity index (χ2v) is 5.00. The van der Waals surface area contributed by atoms with E-state index in [4.69, 9.17) is 14.2 Å². The van der Waals surface area contributed by atoms with Crippen molar-refractivity contribution in [2.24, 2.45) is 7.05 Å². The van der Waals surface area contributed by atoms with E-state index in [0.29, 0.717) is 4.47 Å². The molecule has 0 aliphatic rings. The number of hydrogen-bond donors (Lipinski definition) is 0. The molecule has 0 spiro atoms. The van der Waals surface area contributed by atoms with E-state index in [1.165, 1.54) is 18.8 Å². The van der Waals surface area contributed by atoms with Gasteiger partial charge in [-0.1, -0.05) is 0 Å². The molecule has 0 amide bonds. The molecule has 112 valence electrons. The van der Waals surface area contributed by atoms with Gasteiger partial charge < -0.3 is 18.8 Å². The van der Waals surface area contributed by atoms with Crippen LogP contribution >= 0.6 is 15.9 Å². The zero-order valence-electron chi connectivity index (χ0n) is 11.6. The lowest BCUT2D eigenvalue weighted by Crippen LogP contribution is -2.17. The molecule has 0 unspecified atom stereocenters. The van der Waals surface area contributed by atoms with Crippen molar-refractivity contribution < 1.29 is 18.6 Å². The summed E-state index contributed by atoms with van der Waals surface area (Å²) in [6.07, 6.45) is 1.60. The highest BCUT2D eigenvalue weighted by molar-refractivity contribution is 9.10. The van der Waals surface area contributed by atoms with E-state index in [1.807, 2.05) is 0 Å². The van der Waals surface area contributed by atoms with Crippen molar-refractivity contribution in [1.29, 1.82) is 0 Å². The van der Waals surface area contributed by atoms with Crippen LogP contribution in [-0.4, -0.2) is 18.8 Å². The van der Waals surface area contributed by atoms with Crippen LogP contribution < -0.4 is 19.8 Å². The maximum absolute atomic E-state index is 13.5. The highest BCUT2D eigenvalue weighted by Gasteiger charge is 2.18. The first-order valence-electron chi connectivity index (χ1n) is 5.92. The Kier molecular flexibility index (Phi) is 4.52. The van der Waals surface area contributed by atoms with Gasteiger partial charge in [-0.2, -0.15) is 0 Å². The molecule has 7 heteroatoms. The van der Waals surface area contributed by atoms with Gasteiger partial charge in [0.2, 0.25) is 11.5 Å². The van der Waals surface area contributed by atoms with Crippen LogP contribution in [0.4, 0.5) is 4.39 Å². The molecule has 5 nitrogen and oxygen atoms in total. The van der Waals surface area contributed by atoms with Gasteiger partial charge in [0.15, 0.2) is 11.5 Å². The van der Waals surface area contributed by atoms with Gasteiger partial charge in [-0.05, 0) is 22.0 Å². The monoisotopic (exact) mass is 357 g/mol. The van der Waals surface area contributed by atoms with E-state index < -0.39 is 5.82 Å². The Morgan fingerprint density at radius 3 is 2.24 bits per heavy atom. The molecule has 0 aliphatic carbocycles. The Hall–Kier alpha value is -2.02. The number of ether oxygens (including phenoxy) is 3. The lowest BCUT2D eigenvalue weighted by Gasteiger charge is -2.15. The second kappa shape index (κ2) is 6.17. The van der Waals surface area contributed by atoms with Crippen LogP contribution in [-0.2, 0) is 7.05 Å². The van der Waals surface area contributed by atoms with Crippen molar-refractivity contribution in [2.45, 2.75) is 0 Å². The molecule has 0 fully saturated rings. The molecule has 0 saturated carbocycles. The van der Waals surface area contributed by atoms with E-state index in [0.717, 1.165) is 12.1 Å². The number of halogens is 2. The summed E-state index contributed by atoms with van der Waals surface area (Å²) in [5, 5.41) is 0. The summed E-state index contributed by atoms with van der Waals surface area (Å²) in [6.45, 7) is 0. The fourth-order valence-electron chi connectivity index (χ4n) is 1.73. The number of pyridine rings is 1. The molecule has 21 heavy (non-hydrogen) atoms. The standard InChI is InChI=1S/C14H13BrFNO4/c1-17-5-4-9(15)12(14(17)18)21-13-10(19-2)6-8(16)7-11(13)20-3/h4-7H,1-3H3. The van der Waals surface area contributed by atoms with Gasteiger partial charge in [0.05, 0.1) is 18.7 Å². The number of hydrogen-bond acceptors (Lipinski definition) is 4. The molecule has 2 aromatic rings. The largest absolute Gasteiger partial charge is 0.493 e. The molecule has 0 saturated heterocycles. The maximum Gasteiger partial charge on any atom is 0.294 e. The Morgan fingerprint density at radius 2 is 1.71 bits per heavy atom. The van der Waals surface area contributed by atoms with Crippen LogP contribution in [0, 0.1) is 5.82 Å². The Morgan fingerprint density at radius 1 is 1.14 bits per heavy atom. The number of benzene rings is 1. The first-order chi connectivity index (χ1) is 9.97. The number of aromatic nitrogens is 1. The van der Waals surface area contributed by atoms with Gasteiger partial charge in [-0.3, -0.25) is 4.79 Å². The molecule has 0 bridgehead atoms. The Labute approximate surface area is 129 Å². The van der Waals surface area contributed by atoms with Gasteiger partial charge in [0.1, 0.15) is 5.82 Å². The van der Waals surface area contributed by atoms with E-state index in [-0.39, 0.29) is 28.6 Å². The van der Waals surface area contributed by atoms with Crippen molar-refractivity contribution in [3.63, 3.8) is 0 Å². The van der Waals surface area contributed by atoms with Gasteiger partial charge in [-0.15, -0.1) is 0 Å². The zero-order valence-corrected chi connectivity index (χ0v) is 13.2. The van der Waals surface area contributed by atoms with Gasteiger partial charge in [0.25, 0.3) is 5.56 Å². The summed E-state index contributed by atoms with van der Waals surface area (Å²) in [5.74, 6) is -0.0843. The van der Waals surface area contributed by atoms with Gasteiger partial charge in [-0.25, -0.2) is 4.39 Å². The molecule has 1 aromatic heterocycles. The molecule has 0 radical (unpaired) electrons. The van der Waals surface area contributed by atoms with E-state index >= 15 is 0 Å². The molecular formula is C14H13BrFNO4. The summed E-state index contributed by atoms with van der Waals surface area (Å²) in [6, 6.07) is 3.97. The van der Waals surface area contributed by atoms with Crippen molar-refractivity contribution in [1.82, 2.24) is 4.57 Å². The van der Waals surface area contributed by atoms with Gasteiger partial charge >= 0.3 is 0 Å². The maximum atomic E-state index is 13.5. The fourth-order valence-corrected chi connectivity index (χ4v) is 2.09. The third-order valence-electron chi connectivity index (χ3n) is 2.81. The average molecular weight is 358 g/mol. The molecular weight excluding hydrogens is 345 g/mol. The lowest BCUT2D eigenvalue weighted by atomic mass is 10.2. The van der Waals surface area contributed by atoms with Crippen molar-refractivity contribution in [2.75, 3.05) is 14.2 Å². The number of nitrogens with zero attached hydrogens (tertiary/aromatic N) is 1. The first kappa shape index (κ1) is 15.4. The van der Waals surface area contributed by atoms with Crippen LogP contribution in [0.25, 0.3) is 0 Å². The topological polar surface area (TPSA) is 49.7 Å². The zero-order chi connectivity index (χ0) is 15.6. The number of methoxy groups -OCH3 is 2. The Bertz CT molecular complexity index is 704. The Balaban J connectivity index is 2.59. The predicted octanol–water partition coefficient (Wildman–Crippen LogP) is 3.10. The van der Waals surface area contributed by atoms with Gasteiger partial charge in [0, 0.05) is 25.4 Å². The smallest absolute Gasteiger partial charge is 0.294 e. The molecule has 0 aliphatic heterocycles. The predicted molar refractivity (Wildman–Crippen MR) is 79.0 cm³/mol. The van der Waals surface area contributed by atoms with Crippen LogP contribution in [0.15, 0.2) is 33.7 Å².